The average Bonchev–Trinajstić information content (AvgIpc) is 3.09. The lowest BCUT2D eigenvalue weighted by atomic mass is 10.2. The molecule has 0 spiro atoms. The largest absolute Gasteiger partial charge is 0.346 e. The number of thioether (sulfide) groups is 1. The lowest BCUT2D eigenvalue weighted by molar-refractivity contribution is -0.0565. The third kappa shape index (κ3) is 3.27. The van der Waals surface area contributed by atoms with E-state index in [0.717, 1.165) is 16.3 Å². The van der Waals surface area contributed by atoms with Crippen molar-refractivity contribution < 1.29 is 9.47 Å². The second kappa shape index (κ2) is 5.92. The van der Waals surface area contributed by atoms with E-state index in [9.17, 15) is 0 Å². The highest BCUT2D eigenvalue weighted by molar-refractivity contribution is 7.99. The molecule has 1 aliphatic heterocycles. The number of H-pyrrole nitrogens is 1. The van der Waals surface area contributed by atoms with Crippen molar-refractivity contribution >= 4 is 23.4 Å². The molecule has 7 heteroatoms. The minimum Gasteiger partial charge on any atom is -0.346 e. The first-order valence-electron chi connectivity index (χ1n) is 5.82. The molecule has 0 amide bonds. The van der Waals surface area contributed by atoms with Gasteiger partial charge in [0.2, 0.25) is 0 Å². The van der Waals surface area contributed by atoms with E-state index in [-0.39, 0.29) is 12.4 Å². The Morgan fingerprint density at radius 3 is 2.95 bits per heavy atom. The summed E-state index contributed by atoms with van der Waals surface area (Å²) in [5.74, 6) is 0.788. The highest BCUT2D eigenvalue weighted by atomic mass is 35.5. The monoisotopic (exact) mass is 297 g/mol. The van der Waals surface area contributed by atoms with E-state index in [1.807, 2.05) is 24.3 Å². The number of benzene rings is 1. The first-order valence-corrected chi connectivity index (χ1v) is 7.19. The summed E-state index contributed by atoms with van der Waals surface area (Å²) >= 11 is 7.45. The zero-order valence-electron chi connectivity index (χ0n) is 9.95. The standard InChI is InChI=1S/C12H12ClN3O2S/c13-9-3-1-8(2-4-9)12-17-6-10(18-12)7-19-11-5-14-16-15-11/h1-5,10,12H,6-7H2,(H,14,15,16)/t10-,12+/m0/s1. The Morgan fingerprint density at radius 2 is 2.21 bits per heavy atom. The van der Waals surface area contributed by atoms with Crippen LogP contribution in [0, 0.1) is 0 Å². The Kier molecular flexibility index (Phi) is 4.03. The van der Waals surface area contributed by atoms with Crippen LogP contribution >= 0.6 is 23.4 Å². The van der Waals surface area contributed by atoms with Crippen LogP contribution in [-0.2, 0) is 9.47 Å². The van der Waals surface area contributed by atoms with Gasteiger partial charge in [0, 0.05) is 16.3 Å². The second-order valence-corrected chi connectivity index (χ2v) is 5.57. The molecular formula is C12H12ClN3O2S. The fourth-order valence-electron chi connectivity index (χ4n) is 1.77. The molecule has 1 aliphatic rings. The van der Waals surface area contributed by atoms with Crippen molar-refractivity contribution in [2.75, 3.05) is 12.4 Å². The third-order valence-corrected chi connectivity index (χ3v) is 3.98. The minimum atomic E-state index is -0.305. The molecule has 0 radical (unpaired) electrons. The molecule has 1 aromatic heterocycles. The van der Waals surface area contributed by atoms with Gasteiger partial charge in [0.05, 0.1) is 18.9 Å². The zero-order valence-corrected chi connectivity index (χ0v) is 11.5. The highest BCUT2D eigenvalue weighted by Gasteiger charge is 2.27. The lowest BCUT2D eigenvalue weighted by Crippen LogP contribution is -2.12. The number of aromatic nitrogens is 3. The average molecular weight is 298 g/mol. The molecule has 1 saturated heterocycles. The second-order valence-electron chi connectivity index (χ2n) is 4.09. The van der Waals surface area contributed by atoms with Crippen LogP contribution in [0.5, 0.6) is 0 Å². The number of nitrogens with zero attached hydrogens (tertiary/aromatic N) is 2. The SMILES string of the molecule is Clc1ccc([C@@H]2OC[C@@H](CSc3cn[nH]n3)O2)cc1. The van der Waals surface area contributed by atoms with Crippen LogP contribution in [-0.4, -0.2) is 33.9 Å². The van der Waals surface area contributed by atoms with Gasteiger partial charge in [-0.3, -0.25) is 0 Å². The molecule has 1 fully saturated rings. The number of rotatable bonds is 4. The maximum atomic E-state index is 5.85. The molecule has 1 N–H and O–H groups in total. The summed E-state index contributed by atoms with van der Waals surface area (Å²) in [5.41, 5.74) is 0.985. The predicted molar refractivity (Wildman–Crippen MR) is 72.1 cm³/mol. The normalized spacial score (nSPS) is 22.8. The number of hydrogen-bond acceptors (Lipinski definition) is 5. The van der Waals surface area contributed by atoms with Gasteiger partial charge in [0.15, 0.2) is 6.29 Å². The number of halogens is 1. The smallest absolute Gasteiger partial charge is 0.184 e. The Bertz CT molecular complexity index is 520. The summed E-state index contributed by atoms with van der Waals surface area (Å²) in [6.07, 6.45) is 1.44. The van der Waals surface area contributed by atoms with Crippen molar-refractivity contribution in [3.63, 3.8) is 0 Å². The molecular weight excluding hydrogens is 286 g/mol. The van der Waals surface area contributed by atoms with Crippen molar-refractivity contribution in [1.82, 2.24) is 15.4 Å². The van der Waals surface area contributed by atoms with Crippen molar-refractivity contribution in [2.24, 2.45) is 0 Å². The molecule has 2 aromatic rings. The number of ether oxygens (including phenoxy) is 2. The number of hydrogen-bond donors (Lipinski definition) is 1. The molecule has 3 rings (SSSR count). The highest BCUT2D eigenvalue weighted by Crippen LogP contribution is 2.30. The van der Waals surface area contributed by atoms with Crippen molar-refractivity contribution in [3.8, 4) is 0 Å². The summed E-state index contributed by atoms with van der Waals surface area (Å²) in [5, 5.41) is 11.9. The Morgan fingerprint density at radius 1 is 1.37 bits per heavy atom. The number of aromatic amines is 1. The molecule has 19 heavy (non-hydrogen) atoms. The molecule has 0 saturated carbocycles. The predicted octanol–water partition coefficient (Wildman–Crippen LogP) is 2.66. The molecule has 2 atom stereocenters. The van der Waals surface area contributed by atoms with Crippen LogP contribution in [0.2, 0.25) is 5.02 Å². The minimum absolute atomic E-state index is 0.0578. The van der Waals surface area contributed by atoms with Gasteiger partial charge in [0.25, 0.3) is 0 Å². The van der Waals surface area contributed by atoms with Gasteiger partial charge in [-0.25, -0.2) is 0 Å². The van der Waals surface area contributed by atoms with Crippen molar-refractivity contribution in [2.45, 2.75) is 17.4 Å². The molecule has 5 nitrogen and oxygen atoms in total. The fraction of sp³-hybridized carbons (Fsp3) is 0.333. The summed E-state index contributed by atoms with van der Waals surface area (Å²) in [7, 11) is 0. The molecule has 0 unspecified atom stereocenters. The van der Waals surface area contributed by atoms with Gasteiger partial charge >= 0.3 is 0 Å². The van der Waals surface area contributed by atoms with Crippen molar-refractivity contribution in [1.29, 1.82) is 0 Å². The Labute approximate surface area is 119 Å². The van der Waals surface area contributed by atoms with Gasteiger partial charge in [-0.15, -0.1) is 16.9 Å². The van der Waals surface area contributed by atoms with E-state index in [1.54, 1.807) is 18.0 Å². The van der Waals surface area contributed by atoms with E-state index in [2.05, 4.69) is 15.4 Å². The zero-order chi connectivity index (χ0) is 13.1. The van der Waals surface area contributed by atoms with E-state index >= 15 is 0 Å². The Hall–Kier alpha value is -1.08. The summed E-state index contributed by atoms with van der Waals surface area (Å²) < 4.78 is 11.5. The van der Waals surface area contributed by atoms with Crippen LogP contribution in [0.4, 0.5) is 0 Å². The van der Waals surface area contributed by atoms with E-state index < -0.39 is 0 Å². The quantitative estimate of drug-likeness (QED) is 0.879. The van der Waals surface area contributed by atoms with Gasteiger partial charge in [-0.1, -0.05) is 23.7 Å². The van der Waals surface area contributed by atoms with Crippen molar-refractivity contribution in [3.05, 3.63) is 41.0 Å². The summed E-state index contributed by atoms with van der Waals surface area (Å²) in [4.78, 5) is 0. The van der Waals surface area contributed by atoms with E-state index in [0.29, 0.717) is 11.6 Å². The van der Waals surface area contributed by atoms with Crippen LogP contribution < -0.4 is 0 Å². The lowest BCUT2D eigenvalue weighted by Gasteiger charge is -2.11. The van der Waals surface area contributed by atoms with Crippen LogP contribution in [0.1, 0.15) is 11.9 Å². The maximum Gasteiger partial charge on any atom is 0.184 e. The fourth-order valence-corrected chi connectivity index (χ4v) is 2.66. The van der Waals surface area contributed by atoms with Crippen LogP contribution in [0.3, 0.4) is 0 Å². The molecule has 100 valence electrons. The molecule has 0 bridgehead atoms. The van der Waals surface area contributed by atoms with E-state index in [1.165, 1.54) is 0 Å². The summed E-state index contributed by atoms with van der Waals surface area (Å²) in [6, 6.07) is 7.50. The summed E-state index contributed by atoms with van der Waals surface area (Å²) in [6.45, 7) is 0.581. The maximum absolute atomic E-state index is 5.85. The number of nitrogens with one attached hydrogen (secondary N) is 1. The van der Waals surface area contributed by atoms with Crippen LogP contribution in [0.15, 0.2) is 35.5 Å². The van der Waals surface area contributed by atoms with Gasteiger partial charge in [0.1, 0.15) is 5.03 Å². The third-order valence-electron chi connectivity index (χ3n) is 2.70. The topological polar surface area (TPSA) is 60.0 Å². The van der Waals surface area contributed by atoms with Gasteiger partial charge in [-0.05, 0) is 12.1 Å². The van der Waals surface area contributed by atoms with Gasteiger partial charge < -0.3 is 9.47 Å². The van der Waals surface area contributed by atoms with Gasteiger partial charge in [-0.2, -0.15) is 10.3 Å². The molecule has 1 aromatic carbocycles. The van der Waals surface area contributed by atoms with Crippen LogP contribution in [0.25, 0.3) is 0 Å². The van der Waals surface area contributed by atoms with E-state index in [4.69, 9.17) is 21.1 Å². The first-order chi connectivity index (χ1) is 9.31. The molecule has 0 aliphatic carbocycles. The molecule has 2 heterocycles. The Balaban J connectivity index is 1.53. The first kappa shape index (κ1) is 12.9.